The Bertz CT molecular complexity index is 847. The van der Waals surface area contributed by atoms with Gasteiger partial charge in [-0.1, -0.05) is 31.5 Å². The van der Waals surface area contributed by atoms with Crippen LogP contribution in [0.2, 0.25) is 5.02 Å². The van der Waals surface area contributed by atoms with Gasteiger partial charge >= 0.3 is 0 Å². The Kier molecular flexibility index (Phi) is 5.99. The van der Waals surface area contributed by atoms with Crippen LogP contribution in [0.1, 0.15) is 19.4 Å². The first kappa shape index (κ1) is 18.4. The van der Waals surface area contributed by atoms with Gasteiger partial charge in [0.05, 0.1) is 10.6 Å². The van der Waals surface area contributed by atoms with Crippen LogP contribution in [-0.4, -0.2) is 37.1 Å². The summed E-state index contributed by atoms with van der Waals surface area (Å²) in [6.45, 7) is 4.40. The topological polar surface area (TPSA) is 70.0 Å². The first-order valence-electron chi connectivity index (χ1n) is 7.51. The number of benzene rings is 2. The van der Waals surface area contributed by atoms with E-state index in [9.17, 15) is 13.5 Å². The van der Waals surface area contributed by atoms with Gasteiger partial charge < -0.3 is 5.11 Å². The van der Waals surface area contributed by atoms with E-state index in [1.165, 1.54) is 22.7 Å². The van der Waals surface area contributed by atoms with Crippen LogP contribution in [0.4, 0.5) is 5.69 Å². The number of phenolic OH excluding ortho intramolecular Hbond substituents is 1. The van der Waals surface area contributed by atoms with E-state index < -0.39 is 10.0 Å². The van der Waals surface area contributed by atoms with Crippen molar-refractivity contribution in [1.82, 2.24) is 4.31 Å². The average Bonchev–Trinajstić information content (AvgIpc) is 2.57. The van der Waals surface area contributed by atoms with Gasteiger partial charge in [0.2, 0.25) is 10.0 Å². The minimum absolute atomic E-state index is 0.0510. The molecule has 0 saturated heterocycles. The highest BCUT2D eigenvalue weighted by Crippen LogP contribution is 2.23. The predicted molar refractivity (Wildman–Crippen MR) is 96.9 cm³/mol. The van der Waals surface area contributed by atoms with Crippen molar-refractivity contribution in [2.45, 2.75) is 18.7 Å². The largest absolute Gasteiger partial charge is 0.507 e. The molecule has 0 saturated carbocycles. The van der Waals surface area contributed by atoms with E-state index >= 15 is 0 Å². The maximum atomic E-state index is 12.5. The number of rotatable bonds is 6. The summed E-state index contributed by atoms with van der Waals surface area (Å²) < 4.78 is 26.5. The highest BCUT2D eigenvalue weighted by atomic mass is 35.5. The number of hydrogen-bond acceptors (Lipinski definition) is 4. The molecule has 0 spiro atoms. The third-order valence-corrected chi connectivity index (χ3v) is 5.78. The number of aliphatic imine (C=N–C) groups is 1. The van der Waals surface area contributed by atoms with Gasteiger partial charge in [0.1, 0.15) is 5.75 Å². The lowest BCUT2D eigenvalue weighted by atomic mass is 10.2. The molecule has 128 valence electrons. The van der Waals surface area contributed by atoms with Gasteiger partial charge in [-0.15, -0.1) is 0 Å². The number of aromatic hydroxyl groups is 1. The average molecular weight is 367 g/mol. The predicted octanol–water partition coefficient (Wildman–Crippen LogP) is 3.83. The van der Waals surface area contributed by atoms with E-state index in [4.69, 9.17) is 11.6 Å². The summed E-state index contributed by atoms with van der Waals surface area (Å²) in [6, 6.07) is 11.0. The van der Waals surface area contributed by atoms with E-state index in [-0.39, 0.29) is 10.6 Å². The van der Waals surface area contributed by atoms with Crippen molar-refractivity contribution >= 4 is 33.5 Å². The van der Waals surface area contributed by atoms with Crippen molar-refractivity contribution in [1.29, 1.82) is 0 Å². The smallest absolute Gasteiger partial charge is 0.243 e. The van der Waals surface area contributed by atoms with E-state index in [1.807, 2.05) is 0 Å². The van der Waals surface area contributed by atoms with Gasteiger partial charge in [-0.2, -0.15) is 4.31 Å². The Morgan fingerprint density at radius 2 is 1.88 bits per heavy atom. The maximum Gasteiger partial charge on any atom is 0.243 e. The molecule has 0 heterocycles. The van der Waals surface area contributed by atoms with Crippen molar-refractivity contribution in [3.63, 3.8) is 0 Å². The van der Waals surface area contributed by atoms with E-state index in [2.05, 4.69) is 4.99 Å². The zero-order chi connectivity index (χ0) is 17.7. The van der Waals surface area contributed by atoms with Crippen LogP contribution in [0.5, 0.6) is 5.75 Å². The Morgan fingerprint density at radius 3 is 2.54 bits per heavy atom. The summed E-state index contributed by atoms with van der Waals surface area (Å²) in [7, 11) is -3.53. The highest BCUT2D eigenvalue weighted by molar-refractivity contribution is 7.89. The fourth-order valence-corrected chi connectivity index (χ4v) is 3.89. The van der Waals surface area contributed by atoms with E-state index in [1.54, 1.807) is 44.2 Å². The normalized spacial score (nSPS) is 12.2. The van der Waals surface area contributed by atoms with Crippen molar-refractivity contribution in [2.24, 2.45) is 4.99 Å². The Balaban J connectivity index is 2.34. The molecular weight excluding hydrogens is 348 g/mol. The molecule has 0 unspecified atom stereocenters. The molecule has 24 heavy (non-hydrogen) atoms. The van der Waals surface area contributed by atoms with Crippen LogP contribution < -0.4 is 0 Å². The molecule has 0 aliphatic rings. The number of hydrogen-bond donors (Lipinski definition) is 1. The van der Waals surface area contributed by atoms with E-state index in [0.29, 0.717) is 29.4 Å². The van der Waals surface area contributed by atoms with Crippen LogP contribution >= 0.6 is 11.6 Å². The monoisotopic (exact) mass is 366 g/mol. The molecule has 2 aromatic carbocycles. The molecule has 0 atom stereocenters. The molecule has 0 aliphatic carbocycles. The molecule has 0 radical (unpaired) electrons. The lowest BCUT2D eigenvalue weighted by molar-refractivity contribution is 0.445. The zero-order valence-electron chi connectivity index (χ0n) is 13.5. The van der Waals surface area contributed by atoms with Gasteiger partial charge in [-0.3, -0.25) is 4.99 Å². The van der Waals surface area contributed by atoms with Gasteiger partial charge in [0.15, 0.2) is 0 Å². The minimum atomic E-state index is -3.53. The van der Waals surface area contributed by atoms with Crippen LogP contribution in [-0.2, 0) is 10.0 Å². The first-order valence-corrected chi connectivity index (χ1v) is 9.33. The van der Waals surface area contributed by atoms with Gasteiger partial charge in [0, 0.05) is 29.9 Å². The van der Waals surface area contributed by atoms with Crippen molar-refractivity contribution in [2.75, 3.05) is 13.1 Å². The van der Waals surface area contributed by atoms with Gasteiger partial charge in [0.25, 0.3) is 0 Å². The second-order valence-electron chi connectivity index (χ2n) is 5.05. The number of nitrogens with zero attached hydrogens (tertiary/aromatic N) is 2. The Labute approximate surface area is 147 Å². The number of halogens is 1. The maximum absolute atomic E-state index is 12.5. The highest BCUT2D eigenvalue weighted by Gasteiger charge is 2.21. The lowest BCUT2D eigenvalue weighted by Gasteiger charge is -2.18. The number of phenols is 1. The van der Waals surface area contributed by atoms with Crippen molar-refractivity contribution < 1.29 is 13.5 Å². The third kappa shape index (κ3) is 4.14. The number of sulfonamides is 1. The van der Waals surface area contributed by atoms with E-state index in [0.717, 1.165) is 0 Å². The van der Waals surface area contributed by atoms with Gasteiger partial charge in [-0.25, -0.2) is 8.42 Å². The first-order chi connectivity index (χ1) is 11.4. The van der Waals surface area contributed by atoms with Gasteiger partial charge in [-0.05, 0) is 36.4 Å². The molecule has 0 aliphatic heterocycles. The molecule has 0 fully saturated rings. The zero-order valence-corrected chi connectivity index (χ0v) is 15.0. The summed E-state index contributed by atoms with van der Waals surface area (Å²) in [4.78, 5) is 4.43. The molecule has 0 aromatic heterocycles. The second-order valence-corrected chi connectivity index (χ2v) is 7.42. The Morgan fingerprint density at radius 1 is 1.17 bits per heavy atom. The van der Waals surface area contributed by atoms with Crippen LogP contribution in [0.15, 0.2) is 52.4 Å². The summed E-state index contributed by atoms with van der Waals surface area (Å²) in [5.41, 5.74) is 0.933. The van der Waals surface area contributed by atoms with Crippen LogP contribution in [0.25, 0.3) is 0 Å². The summed E-state index contributed by atoms with van der Waals surface area (Å²) >= 11 is 5.89. The SMILES string of the molecule is CCN(CC)S(=O)(=O)c1cccc(N=Cc2cc(Cl)ccc2O)c1. The third-order valence-electron chi connectivity index (χ3n) is 3.50. The summed E-state index contributed by atoms with van der Waals surface area (Å²) in [6.07, 6.45) is 1.45. The molecule has 7 heteroatoms. The van der Waals surface area contributed by atoms with Crippen LogP contribution in [0.3, 0.4) is 0 Å². The molecule has 2 rings (SSSR count). The van der Waals surface area contributed by atoms with Crippen molar-refractivity contribution in [3.05, 3.63) is 53.1 Å². The summed E-state index contributed by atoms with van der Waals surface area (Å²) in [5, 5.41) is 10.3. The van der Waals surface area contributed by atoms with Crippen LogP contribution in [0, 0.1) is 0 Å². The molecule has 5 nitrogen and oxygen atoms in total. The second kappa shape index (κ2) is 7.79. The molecular formula is C17H19ClN2O3S. The van der Waals surface area contributed by atoms with Crippen molar-refractivity contribution in [3.8, 4) is 5.75 Å². The Hall–Kier alpha value is -1.89. The fraction of sp³-hybridized carbons (Fsp3) is 0.235. The standard InChI is InChI=1S/C17H19ClN2O3S/c1-3-20(4-2)24(22,23)16-7-5-6-15(11-16)19-12-13-10-14(18)8-9-17(13)21/h5-12,21H,3-4H2,1-2H3. The molecule has 2 aromatic rings. The molecule has 0 amide bonds. The lowest BCUT2D eigenvalue weighted by Crippen LogP contribution is -2.30. The minimum Gasteiger partial charge on any atom is -0.507 e. The molecule has 1 N–H and O–H groups in total. The fourth-order valence-electron chi connectivity index (χ4n) is 2.21. The quantitative estimate of drug-likeness (QED) is 0.790. The summed E-state index contributed by atoms with van der Waals surface area (Å²) in [5.74, 6) is 0.0510. The molecule has 0 bridgehead atoms.